The van der Waals surface area contributed by atoms with Crippen LogP contribution in [0.1, 0.15) is 31.4 Å². The quantitative estimate of drug-likeness (QED) is 0.918. The maximum atomic E-state index is 12.2. The van der Waals surface area contributed by atoms with Crippen LogP contribution in [0.25, 0.3) is 0 Å². The highest BCUT2D eigenvalue weighted by atomic mass is 16.5. The summed E-state index contributed by atoms with van der Waals surface area (Å²) in [4.78, 5) is 19.0. The Morgan fingerprint density at radius 3 is 2.86 bits per heavy atom. The number of nitrogens with one attached hydrogen (secondary N) is 1. The Hall–Kier alpha value is -1.62. The Morgan fingerprint density at radius 1 is 1.33 bits per heavy atom. The second kappa shape index (κ2) is 6.02. The van der Waals surface area contributed by atoms with Crippen LogP contribution >= 0.6 is 0 Å². The monoisotopic (exact) mass is 289 g/mol. The number of likely N-dealkylation sites (tertiary alicyclic amines) is 1. The lowest BCUT2D eigenvalue weighted by Crippen LogP contribution is -2.51. The zero-order valence-electron chi connectivity index (χ0n) is 12.6. The predicted octanol–water partition coefficient (Wildman–Crippen LogP) is 1.58. The highest BCUT2D eigenvalue weighted by molar-refractivity contribution is 5.83. The molecule has 1 aromatic rings. The molecule has 2 aliphatic rings. The van der Waals surface area contributed by atoms with Gasteiger partial charge in [-0.3, -0.25) is 9.69 Å². The van der Waals surface area contributed by atoms with Gasteiger partial charge in [0.15, 0.2) is 0 Å². The van der Waals surface area contributed by atoms with E-state index in [-0.39, 0.29) is 11.3 Å². The van der Waals surface area contributed by atoms with Crippen molar-refractivity contribution in [3.63, 3.8) is 0 Å². The molecule has 5 heteroatoms. The normalized spacial score (nSPS) is 22.0. The van der Waals surface area contributed by atoms with Crippen LogP contribution in [0, 0.1) is 5.41 Å². The van der Waals surface area contributed by atoms with E-state index in [2.05, 4.69) is 15.2 Å². The molecule has 0 aliphatic carbocycles. The largest absolute Gasteiger partial charge is 0.481 e. The molecule has 114 valence electrons. The number of carbonyl (C=O) groups excluding carboxylic acids is 1. The van der Waals surface area contributed by atoms with Gasteiger partial charge in [-0.1, -0.05) is 6.07 Å². The van der Waals surface area contributed by atoms with Gasteiger partial charge in [-0.25, -0.2) is 4.98 Å². The molecule has 3 heterocycles. The van der Waals surface area contributed by atoms with Gasteiger partial charge in [-0.15, -0.1) is 0 Å². The van der Waals surface area contributed by atoms with Crippen LogP contribution in [-0.2, 0) is 11.3 Å². The molecule has 0 aromatic carbocycles. The van der Waals surface area contributed by atoms with Crippen molar-refractivity contribution in [1.29, 1.82) is 0 Å². The number of aromatic nitrogens is 1. The number of pyridine rings is 1. The Labute approximate surface area is 125 Å². The Bertz CT molecular complexity index is 510. The topological polar surface area (TPSA) is 54.5 Å². The van der Waals surface area contributed by atoms with Crippen LogP contribution in [0.4, 0.5) is 0 Å². The summed E-state index contributed by atoms with van der Waals surface area (Å²) in [5, 5.41) is 3.04. The van der Waals surface area contributed by atoms with Gasteiger partial charge in [0, 0.05) is 19.2 Å². The van der Waals surface area contributed by atoms with Gasteiger partial charge in [0.2, 0.25) is 11.8 Å². The molecule has 0 unspecified atom stereocenters. The van der Waals surface area contributed by atoms with E-state index >= 15 is 0 Å². The van der Waals surface area contributed by atoms with Gasteiger partial charge in [-0.2, -0.15) is 0 Å². The second-order valence-electron chi connectivity index (χ2n) is 6.09. The number of amides is 1. The summed E-state index contributed by atoms with van der Waals surface area (Å²) >= 11 is 0. The van der Waals surface area contributed by atoms with Crippen molar-refractivity contribution in [2.75, 3.05) is 26.7 Å². The molecule has 0 saturated carbocycles. The Balaban J connectivity index is 1.59. The molecule has 1 N–H and O–H groups in total. The minimum Gasteiger partial charge on any atom is -0.481 e. The maximum Gasteiger partial charge on any atom is 0.226 e. The molecule has 1 aromatic heterocycles. The SMILES string of the molecule is COc1cccc(CN2CCC3(CCCNC3=O)CC2)n1. The Kier molecular flexibility index (Phi) is 4.10. The van der Waals surface area contributed by atoms with E-state index in [0.717, 1.165) is 57.6 Å². The lowest BCUT2D eigenvalue weighted by molar-refractivity contribution is -0.136. The summed E-state index contributed by atoms with van der Waals surface area (Å²) in [7, 11) is 1.64. The van der Waals surface area contributed by atoms with E-state index in [1.165, 1.54) is 0 Å². The summed E-state index contributed by atoms with van der Waals surface area (Å²) in [6.45, 7) is 3.60. The number of nitrogens with zero attached hydrogens (tertiary/aromatic N) is 2. The lowest BCUT2D eigenvalue weighted by Gasteiger charge is -2.42. The summed E-state index contributed by atoms with van der Waals surface area (Å²) in [5.74, 6) is 0.931. The van der Waals surface area contributed by atoms with E-state index in [1.807, 2.05) is 18.2 Å². The van der Waals surface area contributed by atoms with E-state index < -0.39 is 0 Å². The molecular formula is C16H23N3O2. The molecule has 2 fully saturated rings. The number of carbonyl (C=O) groups is 1. The van der Waals surface area contributed by atoms with E-state index in [4.69, 9.17) is 4.74 Å². The molecular weight excluding hydrogens is 266 g/mol. The molecule has 1 spiro atoms. The van der Waals surface area contributed by atoms with Crippen LogP contribution in [0.3, 0.4) is 0 Å². The van der Waals surface area contributed by atoms with Crippen molar-refractivity contribution in [2.45, 2.75) is 32.2 Å². The molecule has 0 radical (unpaired) electrons. The number of hydrogen-bond acceptors (Lipinski definition) is 4. The van der Waals surface area contributed by atoms with Crippen molar-refractivity contribution in [2.24, 2.45) is 5.41 Å². The minimum atomic E-state index is -0.101. The molecule has 0 atom stereocenters. The zero-order valence-corrected chi connectivity index (χ0v) is 12.6. The van der Waals surface area contributed by atoms with Gasteiger partial charge < -0.3 is 10.1 Å². The first-order chi connectivity index (χ1) is 10.2. The summed E-state index contributed by atoms with van der Waals surface area (Å²) < 4.78 is 5.17. The maximum absolute atomic E-state index is 12.2. The van der Waals surface area contributed by atoms with E-state index in [1.54, 1.807) is 7.11 Å². The average molecular weight is 289 g/mol. The zero-order chi connectivity index (χ0) is 14.7. The minimum absolute atomic E-state index is 0.101. The van der Waals surface area contributed by atoms with Crippen LogP contribution in [0.2, 0.25) is 0 Å². The lowest BCUT2D eigenvalue weighted by atomic mass is 9.72. The molecule has 5 nitrogen and oxygen atoms in total. The number of methoxy groups -OCH3 is 1. The van der Waals surface area contributed by atoms with Gasteiger partial charge in [-0.05, 0) is 44.8 Å². The molecule has 3 rings (SSSR count). The van der Waals surface area contributed by atoms with Gasteiger partial charge in [0.05, 0.1) is 18.2 Å². The first kappa shape index (κ1) is 14.3. The van der Waals surface area contributed by atoms with Crippen molar-refractivity contribution in [1.82, 2.24) is 15.2 Å². The van der Waals surface area contributed by atoms with Gasteiger partial charge >= 0.3 is 0 Å². The first-order valence-corrected chi connectivity index (χ1v) is 7.72. The van der Waals surface area contributed by atoms with Crippen LogP contribution < -0.4 is 10.1 Å². The fraction of sp³-hybridized carbons (Fsp3) is 0.625. The third-order valence-electron chi connectivity index (χ3n) is 4.79. The third kappa shape index (κ3) is 3.02. The van der Waals surface area contributed by atoms with Crippen molar-refractivity contribution in [3.8, 4) is 5.88 Å². The van der Waals surface area contributed by atoms with E-state index in [9.17, 15) is 4.79 Å². The third-order valence-corrected chi connectivity index (χ3v) is 4.79. The predicted molar refractivity (Wildman–Crippen MR) is 80.0 cm³/mol. The summed E-state index contributed by atoms with van der Waals surface area (Å²) in [6, 6.07) is 5.86. The molecule has 1 amide bonds. The number of hydrogen-bond donors (Lipinski definition) is 1. The van der Waals surface area contributed by atoms with Crippen molar-refractivity contribution < 1.29 is 9.53 Å². The second-order valence-corrected chi connectivity index (χ2v) is 6.09. The number of piperidine rings is 2. The average Bonchev–Trinajstić information content (AvgIpc) is 2.53. The highest BCUT2D eigenvalue weighted by Gasteiger charge is 2.42. The molecule has 2 saturated heterocycles. The number of ether oxygens (including phenoxy) is 1. The standard InChI is InChI=1S/C16H23N3O2/c1-21-14-5-2-4-13(18-14)12-19-10-7-16(8-11-19)6-3-9-17-15(16)20/h2,4-5H,3,6-12H2,1H3,(H,17,20). The molecule has 21 heavy (non-hydrogen) atoms. The van der Waals surface area contributed by atoms with Crippen molar-refractivity contribution in [3.05, 3.63) is 23.9 Å². The first-order valence-electron chi connectivity index (χ1n) is 7.72. The van der Waals surface area contributed by atoms with Crippen LogP contribution in [-0.4, -0.2) is 42.5 Å². The van der Waals surface area contributed by atoms with Gasteiger partial charge in [0.25, 0.3) is 0 Å². The highest BCUT2D eigenvalue weighted by Crippen LogP contribution is 2.38. The fourth-order valence-electron chi connectivity index (χ4n) is 3.43. The Morgan fingerprint density at radius 2 is 2.14 bits per heavy atom. The fourth-order valence-corrected chi connectivity index (χ4v) is 3.43. The van der Waals surface area contributed by atoms with Crippen molar-refractivity contribution >= 4 is 5.91 Å². The summed E-state index contributed by atoms with van der Waals surface area (Å²) in [5.41, 5.74) is 0.926. The molecule has 2 aliphatic heterocycles. The number of rotatable bonds is 3. The summed E-state index contributed by atoms with van der Waals surface area (Å²) in [6.07, 6.45) is 4.08. The van der Waals surface area contributed by atoms with Crippen LogP contribution in [0.5, 0.6) is 5.88 Å². The smallest absolute Gasteiger partial charge is 0.226 e. The van der Waals surface area contributed by atoms with E-state index in [0.29, 0.717) is 5.88 Å². The van der Waals surface area contributed by atoms with Gasteiger partial charge in [0.1, 0.15) is 0 Å². The van der Waals surface area contributed by atoms with Crippen LogP contribution in [0.15, 0.2) is 18.2 Å². The molecule has 0 bridgehead atoms.